The molecule has 0 spiro atoms. The van der Waals surface area contributed by atoms with E-state index in [0.717, 1.165) is 64.2 Å². The number of carbonyl (C=O) groups excluding carboxylic acids is 2. The molecule has 2 atom stereocenters. The molecule has 8 heteroatoms. The third kappa shape index (κ3) is 32.9. The molecule has 1 N–H and O–H groups in total. The molecule has 0 saturated heterocycles. The van der Waals surface area contributed by atoms with Crippen LogP contribution in [0.4, 0.5) is 0 Å². The summed E-state index contributed by atoms with van der Waals surface area (Å²) in [7, 11) is 5.49. The van der Waals surface area contributed by atoms with Crippen molar-refractivity contribution in [2.75, 3.05) is 41.0 Å². The van der Waals surface area contributed by atoms with E-state index in [9.17, 15) is 19.5 Å². The lowest BCUT2D eigenvalue weighted by Gasteiger charge is -2.31. The summed E-state index contributed by atoms with van der Waals surface area (Å²) in [6.07, 6.45) is 41.5. The first-order valence-electron chi connectivity index (χ1n) is 20.3. The van der Waals surface area contributed by atoms with Crippen molar-refractivity contribution in [3.63, 3.8) is 0 Å². The summed E-state index contributed by atoms with van der Waals surface area (Å²) in [6.45, 7) is 4.50. The Morgan fingerprint density at radius 2 is 1.12 bits per heavy atom. The van der Waals surface area contributed by atoms with Crippen LogP contribution in [-0.2, 0) is 28.6 Å². The summed E-state index contributed by atoms with van der Waals surface area (Å²) in [6, 6.07) is -0.622. The highest BCUT2D eigenvalue weighted by atomic mass is 16.6. The zero-order valence-corrected chi connectivity index (χ0v) is 33.7. The van der Waals surface area contributed by atoms with Crippen molar-refractivity contribution >= 4 is 17.9 Å². The number of nitrogens with zero attached hydrogens (tertiary/aromatic N) is 1. The topological polar surface area (TPSA) is 99.1 Å². The number of carbonyl (C=O) groups is 3. The molecule has 0 heterocycles. The molecule has 0 bridgehead atoms. The van der Waals surface area contributed by atoms with Gasteiger partial charge in [0.1, 0.15) is 6.61 Å². The van der Waals surface area contributed by atoms with Gasteiger partial charge in [-0.25, -0.2) is 4.79 Å². The van der Waals surface area contributed by atoms with E-state index in [0.29, 0.717) is 19.3 Å². The van der Waals surface area contributed by atoms with Crippen LogP contribution < -0.4 is 0 Å². The lowest BCUT2D eigenvalue weighted by atomic mass is 10.1. The lowest BCUT2D eigenvalue weighted by molar-refractivity contribution is -0.887. The number of carboxylic acids is 1. The molecular formula is C44H76NO7+. The molecule has 0 amide bonds. The maximum Gasteiger partial charge on any atom is 0.362 e. The van der Waals surface area contributed by atoms with Crippen LogP contribution in [0.5, 0.6) is 0 Å². The number of rotatable bonds is 35. The fraction of sp³-hybridized carbons (Fsp3) is 0.705. The molecule has 0 aliphatic carbocycles. The van der Waals surface area contributed by atoms with Gasteiger partial charge in [0.05, 0.1) is 34.4 Å². The first-order chi connectivity index (χ1) is 25.1. The van der Waals surface area contributed by atoms with Crippen molar-refractivity contribution < 1.29 is 38.2 Å². The highest BCUT2D eigenvalue weighted by molar-refractivity contribution is 5.72. The monoisotopic (exact) mass is 731 g/mol. The first kappa shape index (κ1) is 49.0. The molecule has 0 rings (SSSR count). The third-order valence-electron chi connectivity index (χ3n) is 8.66. The Morgan fingerprint density at radius 1 is 0.596 bits per heavy atom. The van der Waals surface area contributed by atoms with Crippen LogP contribution in [0.15, 0.2) is 60.8 Å². The lowest BCUT2D eigenvalue weighted by Crippen LogP contribution is -2.50. The second kappa shape index (κ2) is 35.1. The van der Waals surface area contributed by atoms with Crippen molar-refractivity contribution in [1.29, 1.82) is 0 Å². The molecule has 0 aliphatic rings. The van der Waals surface area contributed by atoms with Gasteiger partial charge in [-0.1, -0.05) is 126 Å². The van der Waals surface area contributed by atoms with Crippen LogP contribution in [0.2, 0.25) is 0 Å². The van der Waals surface area contributed by atoms with Crippen LogP contribution in [0, 0.1) is 0 Å². The summed E-state index contributed by atoms with van der Waals surface area (Å²) in [4.78, 5) is 36.7. The molecule has 8 nitrogen and oxygen atoms in total. The predicted molar refractivity (Wildman–Crippen MR) is 215 cm³/mol. The SMILES string of the molecule is CC/C=C/C/C=C/C/C=C/C/C=C/CCCCCCCCCC(=O)OCC(COCCC(C(=O)O)[N+](C)(C)C)OC(=O)CC/C=C/CCCCCC. The predicted octanol–water partition coefficient (Wildman–Crippen LogP) is 10.6. The van der Waals surface area contributed by atoms with E-state index in [2.05, 4.69) is 68.5 Å². The molecule has 0 saturated carbocycles. The zero-order chi connectivity index (χ0) is 38.5. The summed E-state index contributed by atoms with van der Waals surface area (Å²) in [5.41, 5.74) is 0. The van der Waals surface area contributed by atoms with Gasteiger partial charge in [-0.2, -0.15) is 0 Å². The van der Waals surface area contributed by atoms with Gasteiger partial charge in [-0.15, -0.1) is 0 Å². The number of likely N-dealkylation sites (N-methyl/N-ethyl adjacent to an activating group) is 1. The van der Waals surface area contributed by atoms with Crippen molar-refractivity contribution in [3.8, 4) is 0 Å². The first-order valence-corrected chi connectivity index (χ1v) is 20.3. The van der Waals surface area contributed by atoms with E-state index in [1.807, 2.05) is 27.2 Å². The van der Waals surface area contributed by atoms with Crippen molar-refractivity contribution in [3.05, 3.63) is 60.8 Å². The Hall–Kier alpha value is -2.97. The van der Waals surface area contributed by atoms with Gasteiger partial charge >= 0.3 is 17.9 Å². The number of esters is 2. The standard InChI is InChI=1S/C44H75NO7/c1-6-8-10-12-14-16-17-18-19-20-21-22-23-24-25-26-27-29-30-32-34-42(46)51-39-40(38-50-37-36-41(44(48)49)45(3,4)5)52-43(47)35-33-31-28-15-13-11-9-7-2/h8,10,14,16,18-19,21-22,28,31,40-41H,6-7,9,11-13,15,17,20,23-27,29-30,32-39H2,1-5H3/p+1/b10-8+,16-14+,19-18+,22-21+,31-28+. The molecule has 52 heavy (non-hydrogen) atoms. The van der Waals surface area contributed by atoms with Gasteiger partial charge in [0.2, 0.25) is 0 Å². The Labute approximate surface area is 318 Å². The quantitative estimate of drug-likeness (QED) is 0.0300. The Kier molecular flexibility index (Phi) is 33.1. The van der Waals surface area contributed by atoms with Crippen LogP contribution in [0.1, 0.15) is 149 Å². The summed E-state index contributed by atoms with van der Waals surface area (Å²) in [5.74, 6) is -1.56. The van der Waals surface area contributed by atoms with Crippen LogP contribution in [0.25, 0.3) is 0 Å². The number of allylic oxidation sites excluding steroid dienone is 10. The van der Waals surface area contributed by atoms with E-state index >= 15 is 0 Å². The van der Waals surface area contributed by atoms with Crippen molar-refractivity contribution in [2.24, 2.45) is 0 Å². The molecule has 0 aromatic heterocycles. The van der Waals surface area contributed by atoms with E-state index in [1.54, 1.807) is 0 Å². The fourth-order valence-corrected chi connectivity index (χ4v) is 5.51. The minimum absolute atomic E-state index is 0.0397. The van der Waals surface area contributed by atoms with Gasteiger partial charge < -0.3 is 23.8 Å². The van der Waals surface area contributed by atoms with Gasteiger partial charge in [-0.05, 0) is 64.2 Å². The number of hydrogen-bond acceptors (Lipinski definition) is 6. The average molecular weight is 731 g/mol. The van der Waals surface area contributed by atoms with Crippen LogP contribution in [0.3, 0.4) is 0 Å². The highest BCUT2D eigenvalue weighted by Gasteiger charge is 2.31. The minimum Gasteiger partial charge on any atom is -0.477 e. The largest absolute Gasteiger partial charge is 0.477 e. The number of unbranched alkanes of at least 4 members (excludes halogenated alkanes) is 11. The van der Waals surface area contributed by atoms with E-state index < -0.39 is 18.1 Å². The number of hydrogen-bond donors (Lipinski definition) is 1. The normalized spacial score (nSPS) is 13.6. The smallest absolute Gasteiger partial charge is 0.362 e. The summed E-state index contributed by atoms with van der Waals surface area (Å²) >= 11 is 0. The minimum atomic E-state index is -0.885. The van der Waals surface area contributed by atoms with Gasteiger partial charge in [0, 0.05) is 19.3 Å². The van der Waals surface area contributed by atoms with E-state index in [1.165, 1.54) is 44.9 Å². The molecule has 298 valence electrons. The van der Waals surface area contributed by atoms with Crippen LogP contribution in [-0.4, -0.2) is 80.6 Å². The number of aliphatic carboxylic acids is 1. The molecule has 0 aromatic carbocycles. The summed E-state index contributed by atoms with van der Waals surface area (Å²) < 4.78 is 17.1. The molecule has 0 aromatic rings. The van der Waals surface area contributed by atoms with Crippen molar-refractivity contribution in [2.45, 2.75) is 161 Å². The van der Waals surface area contributed by atoms with Gasteiger partial charge in [-0.3, -0.25) is 9.59 Å². The maximum absolute atomic E-state index is 12.6. The van der Waals surface area contributed by atoms with Gasteiger partial charge in [0.25, 0.3) is 0 Å². The van der Waals surface area contributed by atoms with Gasteiger partial charge in [0.15, 0.2) is 12.1 Å². The fourth-order valence-electron chi connectivity index (χ4n) is 5.51. The Balaban J connectivity index is 4.31. The number of carboxylic acid groups (broad SMARTS) is 1. The average Bonchev–Trinajstić information content (AvgIpc) is 3.09. The highest BCUT2D eigenvalue weighted by Crippen LogP contribution is 2.12. The van der Waals surface area contributed by atoms with Crippen molar-refractivity contribution in [1.82, 2.24) is 0 Å². The van der Waals surface area contributed by atoms with E-state index in [4.69, 9.17) is 14.2 Å². The Bertz CT molecular complexity index is 1040. The molecule has 0 aliphatic heterocycles. The van der Waals surface area contributed by atoms with E-state index in [-0.39, 0.29) is 42.7 Å². The Morgan fingerprint density at radius 3 is 1.69 bits per heavy atom. The maximum atomic E-state index is 12.6. The number of quaternary nitrogens is 1. The summed E-state index contributed by atoms with van der Waals surface area (Å²) in [5, 5.41) is 9.57. The molecular weight excluding hydrogens is 654 g/mol. The van der Waals surface area contributed by atoms with Crippen LogP contribution >= 0.6 is 0 Å². The molecule has 0 fully saturated rings. The molecule has 2 unspecified atom stereocenters. The molecule has 0 radical (unpaired) electrons. The zero-order valence-electron chi connectivity index (χ0n) is 33.7. The second-order valence-corrected chi connectivity index (χ2v) is 14.5. The third-order valence-corrected chi connectivity index (χ3v) is 8.66. The second-order valence-electron chi connectivity index (χ2n) is 14.5. The number of ether oxygens (including phenoxy) is 3.